The van der Waals surface area contributed by atoms with Crippen LogP contribution in [0.4, 0.5) is 5.82 Å². The smallest absolute Gasteiger partial charge is 0.239 e. The second-order valence-electron chi connectivity index (χ2n) is 9.79. The molecule has 3 N–H and O–H groups in total. The highest BCUT2D eigenvalue weighted by molar-refractivity contribution is 5.93. The number of nitrogens with zero attached hydrogens (tertiary/aromatic N) is 3. The lowest BCUT2D eigenvalue weighted by Crippen LogP contribution is -2.48. The maximum absolute atomic E-state index is 12.6. The molecule has 7 heteroatoms. The molecule has 2 amide bonds. The molecule has 1 aliphatic rings. The minimum Gasteiger partial charge on any atom is -0.341 e. The molecule has 0 radical (unpaired) electrons. The topological polar surface area (TPSA) is 93.2 Å². The number of hydrogen-bond acceptors (Lipinski definition) is 4. The normalized spacial score (nSPS) is 17.7. The Morgan fingerprint density at radius 1 is 1.22 bits per heavy atom. The average molecular weight is 378 g/mol. The fraction of sp³-hybridized carbons (Fsp3) is 0.750. The van der Waals surface area contributed by atoms with Gasteiger partial charge in [0.05, 0.1) is 18.3 Å². The molecular weight excluding hydrogens is 342 g/mol. The summed E-state index contributed by atoms with van der Waals surface area (Å²) in [4.78, 5) is 26.8. The molecule has 7 nitrogen and oxygen atoms in total. The second-order valence-corrected chi connectivity index (χ2v) is 9.79. The second kappa shape index (κ2) is 8.00. The first-order chi connectivity index (χ1) is 12.4. The molecule has 0 aromatic carbocycles. The van der Waals surface area contributed by atoms with Gasteiger partial charge >= 0.3 is 0 Å². The van der Waals surface area contributed by atoms with Gasteiger partial charge in [0.25, 0.3) is 0 Å². The number of amides is 2. The van der Waals surface area contributed by atoms with E-state index in [0.717, 1.165) is 12.8 Å². The Morgan fingerprint density at radius 3 is 2.33 bits per heavy atom. The molecule has 0 saturated carbocycles. The number of carbonyl (C=O) groups is 2. The number of aromatic nitrogens is 2. The summed E-state index contributed by atoms with van der Waals surface area (Å²) in [5.74, 6) is 0.708. The molecule has 0 aliphatic carbocycles. The molecule has 0 unspecified atom stereocenters. The van der Waals surface area contributed by atoms with E-state index in [9.17, 15) is 9.59 Å². The van der Waals surface area contributed by atoms with Gasteiger partial charge in [-0.1, -0.05) is 41.5 Å². The third kappa shape index (κ3) is 5.79. The Hall–Kier alpha value is -1.89. The van der Waals surface area contributed by atoms with Crippen LogP contribution in [0.1, 0.15) is 66.8 Å². The number of rotatable bonds is 4. The first-order valence-corrected chi connectivity index (χ1v) is 9.78. The summed E-state index contributed by atoms with van der Waals surface area (Å²) in [6.45, 7) is 13.3. The van der Waals surface area contributed by atoms with Crippen LogP contribution in [0.2, 0.25) is 0 Å². The highest BCUT2D eigenvalue weighted by Crippen LogP contribution is 2.28. The molecule has 1 aromatic rings. The zero-order valence-corrected chi connectivity index (χ0v) is 17.6. The molecule has 1 fully saturated rings. The standard InChI is InChI=1S/C20H35N5O2/c1-19(2,3)13-15(21)17(26)24-11-8-14(9-12-24)25-16(7-10-22-25)23-18(27)20(4,5)6/h7,10,14-15H,8-9,11-13,21H2,1-6H3,(H,23,27)/t15-/m1/s1. The molecule has 152 valence electrons. The lowest BCUT2D eigenvalue weighted by molar-refractivity contribution is -0.134. The number of hydrogen-bond donors (Lipinski definition) is 2. The minimum absolute atomic E-state index is 0.0304. The van der Waals surface area contributed by atoms with E-state index in [1.165, 1.54) is 0 Å². The maximum Gasteiger partial charge on any atom is 0.239 e. The van der Waals surface area contributed by atoms with Gasteiger partial charge in [0, 0.05) is 24.6 Å². The van der Waals surface area contributed by atoms with Crippen molar-refractivity contribution < 1.29 is 9.59 Å². The third-order valence-corrected chi connectivity index (χ3v) is 4.86. The van der Waals surface area contributed by atoms with Gasteiger partial charge in [-0.3, -0.25) is 9.59 Å². The van der Waals surface area contributed by atoms with Gasteiger partial charge in [-0.05, 0) is 24.7 Å². The van der Waals surface area contributed by atoms with Crippen LogP contribution in [-0.2, 0) is 9.59 Å². The van der Waals surface area contributed by atoms with E-state index in [2.05, 4.69) is 31.2 Å². The quantitative estimate of drug-likeness (QED) is 0.844. The van der Waals surface area contributed by atoms with Crippen LogP contribution in [0.25, 0.3) is 0 Å². The minimum atomic E-state index is -0.464. The van der Waals surface area contributed by atoms with Crippen LogP contribution in [-0.4, -0.2) is 45.6 Å². The van der Waals surface area contributed by atoms with Crippen LogP contribution >= 0.6 is 0 Å². The SMILES string of the molecule is CC(C)(C)C[C@@H](N)C(=O)N1CCC(n2nccc2NC(=O)C(C)(C)C)CC1. The van der Waals surface area contributed by atoms with E-state index in [-0.39, 0.29) is 23.3 Å². The summed E-state index contributed by atoms with van der Waals surface area (Å²) >= 11 is 0. The van der Waals surface area contributed by atoms with E-state index < -0.39 is 11.5 Å². The first-order valence-electron chi connectivity index (χ1n) is 9.78. The molecule has 1 aliphatic heterocycles. The number of carbonyl (C=O) groups excluding carboxylic acids is 2. The average Bonchev–Trinajstić information content (AvgIpc) is 3.00. The Balaban J connectivity index is 1.96. The number of nitrogens with two attached hydrogens (primary N) is 1. The highest BCUT2D eigenvalue weighted by atomic mass is 16.2. The van der Waals surface area contributed by atoms with E-state index >= 15 is 0 Å². The lowest BCUT2D eigenvalue weighted by atomic mass is 9.87. The molecule has 2 rings (SSSR count). The molecule has 1 aromatic heterocycles. The molecule has 27 heavy (non-hydrogen) atoms. The summed E-state index contributed by atoms with van der Waals surface area (Å²) in [7, 11) is 0. The fourth-order valence-electron chi connectivity index (χ4n) is 3.32. The van der Waals surface area contributed by atoms with Gasteiger partial charge in [0.1, 0.15) is 5.82 Å². The van der Waals surface area contributed by atoms with Crippen molar-refractivity contribution in [1.29, 1.82) is 0 Å². The van der Waals surface area contributed by atoms with Crippen molar-refractivity contribution in [2.75, 3.05) is 18.4 Å². The monoisotopic (exact) mass is 377 g/mol. The van der Waals surface area contributed by atoms with Crippen molar-refractivity contribution in [1.82, 2.24) is 14.7 Å². The van der Waals surface area contributed by atoms with Crippen LogP contribution in [0.5, 0.6) is 0 Å². The molecule has 2 heterocycles. The van der Waals surface area contributed by atoms with Crippen molar-refractivity contribution in [2.24, 2.45) is 16.6 Å². The van der Waals surface area contributed by atoms with Crippen LogP contribution < -0.4 is 11.1 Å². The maximum atomic E-state index is 12.6. The Bertz CT molecular complexity index is 661. The van der Waals surface area contributed by atoms with E-state index in [1.807, 2.05) is 36.4 Å². The summed E-state index contributed by atoms with van der Waals surface area (Å²) in [5.41, 5.74) is 5.69. The number of anilines is 1. The van der Waals surface area contributed by atoms with Crippen molar-refractivity contribution in [3.8, 4) is 0 Å². The van der Waals surface area contributed by atoms with Crippen molar-refractivity contribution in [3.05, 3.63) is 12.3 Å². The number of nitrogens with one attached hydrogen (secondary N) is 1. The van der Waals surface area contributed by atoms with E-state index in [1.54, 1.807) is 6.20 Å². The molecule has 1 saturated heterocycles. The van der Waals surface area contributed by atoms with Gasteiger partial charge in [-0.2, -0.15) is 5.10 Å². The van der Waals surface area contributed by atoms with Crippen molar-refractivity contribution in [2.45, 2.75) is 72.9 Å². The molecule has 0 spiro atoms. The van der Waals surface area contributed by atoms with Gasteiger partial charge in [0.15, 0.2) is 0 Å². The number of likely N-dealkylation sites (tertiary alicyclic amines) is 1. The van der Waals surface area contributed by atoms with Crippen molar-refractivity contribution >= 4 is 17.6 Å². The zero-order valence-electron chi connectivity index (χ0n) is 17.6. The molecular formula is C20H35N5O2. The molecule has 0 bridgehead atoms. The summed E-state index contributed by atoms with van der Waals surface area (Å²) < 4.78 is 1.88. The Labute approximate surface area is 162 Å². The van der Waals surface area contributed by atoms with Gasteiger partial charge in [-0.15, -0.1) is 0 Å². The fourth-order valence-corrected chi connectivity index (χ4v) is 3.32. The van der Waals surface area contributed by atoms with Crippen LogP contribution in [0.15, 0.2) is 12.3 Å². The predicted molar refractivity (Wildman–Crippen MR) is 107 cm³/mol. The van der Waals surface area contributed by atoms with Gasteiger partial charge in [0.2, 0.25) is 11.8 Å². The summed E-state index contributed by atoms with van der Waals surface area (Å²) in [6.07, 6.45) is 3.98. The van der Waals surface area contributed by atoms with Crippen LogP contribution in [0.3, 0.4) is 0 Å². The van der Waals surface area contributed by atoms with Gasteiger partial charge in [-0.25, -0.2) is 4.68 Å². The lowest BCUT2D eigenvalue weighted by Gasteiger charge is -2.35. The highest BCUT2D eigenvalue weighted by Gasteiger charge is 2.30. The van der Waals surface area contributed by atoms with E-state index in [4.69, 9.17) is 5.73 Å². The Kier molecular flexibility index (Phi) is 6.35. The summed E-state index contributed by atoms with van der Waals surface area (Å²) in [5, 5.41) is 7.37. The van der Waals surface area contributed by atoms with Crippen molar-refractivity contribution in [3.63, 3.8) is 0 Å². The Morgan fingerprint density at radius 2 is 1.81 bits per heavy atom. The molecule has 1 atom stereocenters. The first kappa shape index (κ1) is 21.4. The van der Waals surface area contributed by atoms with E-state index in [0.29, 0.717) is 25.3 Å². The predicted octanol–water partition coefficient (Wildman–Crippen LogP) is 2.79. The largest absolute Gasteiger partial charge is 0.341 e. The third-order valence-electron chi connectivity index (χ3n) is 4.86. The van der Waals surface area contributed by atoms with Crippen LogP contribution in [0, 0.1) is 10.8 Å². The summed E-state index contributed by atoms with van der Waals surface area (Å²) in [6, 6.07) is 1.53. The zero-order chi connectivity index (χ0) is 20.4. The number of piperidine rings is 1. The van der Waals surface area contributed by atoms with Gasteiger partial charge < -0.3 is 16.0 Å².